The normalized spacial score (nSPS) is 17.8. The molecule has 1 aromatic heterocycles. The number of halogens is 1. The molecule has 1 amide bonds. The third kappa shape index (κ3) is 4.99. The second kappa shape index (κ2) is 10.3. The van der Waals surface area contributed by atoms with E-state index in [0.29, 0.717) is 25.3 Å². The minimum atomic E-state index is -0.277. The molecule has 2 saturated heterocycles. The number of H-pyrrole nitrogens is 1. The number of carbonyl (C=O) groups is 1. The number of rotatable bonds is 6. The highest BCUT2D eigenvalue weighted by molar-refractivity contribution is 6.01. The molecule has 35 heavy (non-hydrogen) atoms. The minimum Gasteiger partial charge on any atom is -0.497 e. The van der Waals surface area contributed by atoms with E-state index in [2.05, 4.69) is 38.7 Å². The van der Waals surface area contributed by atoms with E-state index in [1.54, 1.807) is 19.2 Å². The molecule has 8 heteroatoms. The zero-order valence-electron chi connectivity index (χ0n) is 20.6. The van der Waals surface area contributed by atoms with Crippen molar-refractivity contribution in [1.82, 2.24) is 19.7 Å². The Balaban J connectivity index is 1.33. The van der Waals surface area contributed by atoms with E-state index >= 15 is 0 Å². The second-order valence-corrected chi connectivity index (χ2v) is 9.36. The third-order valence-electron chi connectivity index (χ3n) is 7.38. The second-order valence-electron chi connectivity index (χ2n) is 9.36. The first kappa shape index (κ1) is 23.6. The quantitative estimate of drug-likeness (QED) is 0.587. The van der Waals surface area contributed by atoms with Gasteiger partial charge in [-0.2, -0.15) is 0 Å². The summed E-state index contributed by atoms with van der Waals surface area (Å²) in [6, 6.07) is 12.8. The molecule has 0 unspecified atom stereocenters. The number of carbonyl (C=O) groups excluding carboxylic acids is 1. The van der Waals surface area contributed by atoms with Crippen molar-refractivity contribution in [3.05, 3.63) is 59.5 Å². The maximum Gasteiger partial charge on any atom is 0.270 e. The summed E-state index contributed by atoms with van der Waals surface area (Å²) < 4.78 is 19.4. The molecular formula is C27H34FN5O2. The molecule has 3 aromatic rings. The molecular weight excluding hydrogens is 445 g/mol. The van der Waals surface area contributed by atoms with Crippen LogP contribution in [0.5, 0.6) is 5.75 Å². The van der Waals surface area contributed by atoms with Crippen LogP contribution < -0.4 is 9.64 Å². The van der Waals surface area contributed by atoms with Crippen LogP contribution in [0.15, 0.2) is 42.5 Å². The largest absolute Gasteiger partial charge is 0.497 e. The standard InChI is InChI=1S/C27H34FN5O2/c1-3-30-10-12-31(13-11-30)19-24-23-18-20(28)4-9-25(23)29-26(24)27(34)33-16-14-32(15-17-33)21-5-7-22(35-2)8-6-21/h4-9,18,29H,3,10-17,19H2,1-2H3. The average Bonchev–Trinajstić information content (AvgIpc) is 3.26. The Morgan fingerprint density at radius 1 is 0.943 bits per heavy atom. The van der Waals surface area contributed by atoms with Gasteiger partial charge in [-0.05, 0) is 49.0 Å². The lowest BCUT2D eigenvalue weighted by molar-refractivity contribution is 0.0738. The molecule has 0 radical (unpaired) electrons. The molecule has 5 rings (SSSR count). The van der Waals surface area contributed by atoms with Crippen molar-refractivity contribution in [2.75, 3.05) is 70.9 Å². The van der Waals surface area contributed by atoms with Gasteiger partial charge in [0, 0.05) is 81.1 Å². The number of hydrogen-bond acceptors (Lipinski definition) is 5. The molecule has 7 nitrogen and oxygen atoms in total. The van der Waals surface area contributed by atoms with Crippen LogP contribution in [0.4, 0.5) is 10.1 Å². The molecule has 0 spiro atoms. The Morgan fingerprint density at radius 3 is 2.29 bits per heavy atom. The van der Waals surface area contributed by atoms with E-state index in [-0.39, 0.29) is 11.7 Å². The summed E-state index contributed by atoms with van der Waals surface area (Å²) in [4.78, 5) is 26.0. The lowest BCUT2D eigenvalue weighted by atomic mass is 10.1. The number of nitrogens with zero attached hydrogens (tertiary/aromatic N) is 4. The SMILES string of the molecule is CCN1CCN(Cc2c(C(=O)N3CCN(c4ccc(OC)cc4)CC3)[nH]c3ccc(F)cc23)CC1. The number of amides is 1. The molecule has 2 aliphatic heterocycles. The first-order valence-electron chi connectivity index (χ1n) is 12.5. The summed E-state index contributed by atoms with van der Waals surface area (Å²) in [6.45, 7) is 10.6. The van der Waals surface area contributed by atoms with Crippen molar-refractivity contribution in [2.45, 2.75) is 13.5 Å². The molecule has 0 atom stereocenters. The first-order chi connectivity index (χ1) is 17.1. The Morgan fingerprint density at radius 2 is 1.63 bits per heavy atom. The monoisotopic (exact) mass is 479 g/mol. The number of likely N-dealkylation sites (N-methyl/N-ethyl adjacent to an activating group) is 1. The molecule has 0 aliphatic carbocycles. The number of fused-ring (bicyclic) bond motifs is 1. The maximum absolute atomic E-state index is 14.2. The Labute approximate surface area is 206 Å². The van der Waals surface area contributed by atoms with Gasteiger partial charge in [0.15, 0.2) is 0 Å². The minimum absolute atomic E-state index is 0.00168. The van der Waals surface area contributed by atoms with Gasteiger partial charge in [-0.3, -0.25) is 9.69 Å². The topological polar surface area (TPSA) is 55.1 Å². The Kier molecular flexibility index (Phi) is 6.92. The number of aromatic nitrogens is 1. The van der Waals surface area contributed by atoms with Crippen LogP contribution in [0.3, 0.4) is 0 Å². The fourth-order valence-corrected chi connectivity index (χ4v) is 5.17. The van der Waals surface area contributed by atoms with E-state index in [1.807, 2.05) is 17.0 Å². The van der Waals surface area contributed by atoms with Crippen LogP contribution in [-0.4, -0.2) is 91.6 Å². The van der Waals surface area contributed by atoms with Crippen molar-refractivity contribution in [3.63, 3.8) is 0 Å². The number of hydrogen-bond donors (Lipinski definition) is 1. The van der Waals surface area contributed by atoms with Gasteiger partial charge in [-0.15, -0.1) is 0 Å². The summed E-state index contributed by atoms with van der Waals surface area (Å²) >= 11 is 0. The molecule has 186 valence electrons. The molecule has 0 saturated carbocycles. The molecule has 1 N–H and O–H groups in total. The van der Waals surface area contributed by atoms with Gasteiger partial charge in [-0.1, -0.05) is 6.92 Å². The highest BCUT2D eigenvalue weighted by Gasteiger charge is 2.28. The zero-order chi connectivity index (χ0) is 24.4. The number of benzene rings is 2. The third-order valence-corrected chi connectivity index (χ3v) is 7.38. The van der Waals surface area contributed by atoms with Gasteiger partial charge in [0.05, 0.1) is 7.11 Å². The van der Waals surface area contributed by atoms with Crippen molar-refractivity contribution in [3.8, 4) is 5.75 Å². The van der Waals surface area contributed by atoms with Gasteiger partial charge in [0.25, 0.3) is 5.91 Å². The number of piperazine rings is 2. The van der Waals surface area contributed by atoms with Crippen molar-refractivity contribution >= 4 is 22.5 Å². The van der Waals surface area contributed by atoms with Gasteiger partial charge in [-0.25, -0.2) is 4.39 Å². The fraction of sp³-hybridized carbons (Fsp3) is 0.444. The summed E-state index contributed by atoms with van der Waals surface area (Å²) in [6.07, 6.45) is 0. The summed E-state index contributed by atoms with van der Waals surface area (Å²) in [5.41, 5.74) is 3.45. The molecule has 2 aromatic carbocycles. The first-order valence-corrected chi connectivity index (χ1v) is 12.5. The predicted molar refractivity (Wildman–Crippen MR) is 137 cm³/mol. The van der Waals surface area contributed by atoms with E-state index in [0.717, 1.165) is 73.7 Å². The number of aromatic amines is 1. The van der Waals surface area contributed by atoms with Crippen LogP contribution in [-0.2, 0) is 6.54 Å². The summed E-state index contributed by atoms with van der Waals surface area (Å²) in [5, 5.41) is 0.808. The molecule has 3 heterocycles. The van der Waals surface area contributed by atoms with Gasteiger partial charge in [0.1, 0.15) is 17.3 Å². The van der Waals surface area contributed by atoms with Crippen LogP contribution in [0, 0.1) is 5.82 Å². The lowest BCUT2D eigenvalue weighted by Gasteiger charge is -2.36. The number of anilines is 1. The van der Waals surface area contributed by atoms with E-state index in [4.69, 9.17) is 4.74 Å². The molecule has 2 aliphatic rings. The van der Waals surface area contributed by atoms with E-state index in [9.17, 15) is 9.18 Å². The van der Waals surface area contributed by atoms with Crippen LogP contribution in [0.2, 0.25) is 0 Å². The van der Waals surface area contributed by atoms with Crippen LogP contribution in [0.25, 0.3) is 10.9 Å². The Hall–Kier alpha value is -3.10. The number of ether oxygens (including phenoxy) is 1. The highest BCUT2D eigenvalue weighted by atomic mass is 19.1. The maximum atomic E-state index is 14.2. The predicted octanol–water partition coefficient (Wildman–Crippen LogP) is 3.42. The number of nitrogens with one attached hydrogen (secondary N) is 1. The number of methoxy groups -OCH3 is 1. The lowest BCUT2D eigenvalue weighted by Crippen LogP contribution is -2.49. The average molecular weight is 480 g/mol. The van der Waals surface area contributed by atoms with Crippen molar-refractivity contribution in [1.29, 1.82) is 0 Å². The van der Waals surface area contributed by atoms with Crippen molar-refractivity contribution in [2.24, 2.45) is 0 Å². The fourth-order valence-electron chi connectivity index (χ4n) is 5.17. The van der Waals surface area contributed by atoms with Gasteiger partial charge in [0.2, 0.25) is 0 Å². The van der Waals surface area contributed by atoms with E-state index < -0.39 is 0 Å². The zero-order valence-corrected chi connectivity index (χ0v) is 20.6. The van der Waals surface area contributed by atoms with Gasteiger partial charge < -0.3 is 24.4 Å². The smallest absolute Gasteiger partial charge is 0.270 e. The molecule has 2 fully saturated rings. The molecule has 0 bridgehead atoms. The van der Waals surface area contributed by atoms with E-state index in [1.165, 1.54) is 6.07 Å². The van der Waals surface area contributed by atoms with Crippen molar-refractivity contribution < 1.29 is 13.9 Å². The summed E-state index contributed by atoms with van der Waals surface area (Å²) in [5.74, 6) is 0.556. The summed E-state index contributed by atoms with van der Waals surface area (Å²) in [7, 11) is 1.66. The Bertz CT molecular complexity index is 1160. The highest BCUT2D eigenvalue weighted by Crippen LogP contribution is 2.27. The van der Waals surface area contributed by atoms with Crippen LogP contribution >= 0.6 is 0 Å². The van der Waals surface area contributed by atoms with Gasteiger partial charge >= 0.3 is 0 Å². The van der Waals surface area contributed by atoms with Crippen LogP contribution in [0.1, 0.15) is 23.0 Å².